The van der Waals surface area contributed by atoms with Crippen LogP contribution in [0.25, 0.3) is 0 Å². The Labute approximate surface area is 185 Å². The van der Waals surface area contributed by atoms with Gasteiger partial charge in [-0.2, -0.15) is 0 Å². The number of rotatable bonds is 6. The Morgan fingerprint density at radius 3 is 2.34 bits per heavy atom. The summed E-state index contributed by atoms with van der Waals surface area (Å²) >= 11 is 0. The number of hydrogen-bond donors (Lipinski definition) is 1. The zero-order valence-corrected chi connectivity index (χ0v) is 17.5. The lowest BCUT2D eigenvalue weighted by molar-refractivity contribution is -0.143. The Morgan fingerprint density at radius 1 is 0.969 bits per heavy atom. The first-order valence-corrected chi connectivity index (χ1v) is 10.3. The number of barbiturate groups is 1. The number of pyridine rings is 1. The Hall–Kier alpha value is -3.87. The number of halogens is 1. The minimum atomic E-state index is -1.55. The van der Waals surface area contributed by atoms with E-state index in [0.717, 1.165) is 16.2 Å². The highest BCUT2D eigenvalue weighted by Crippen LogP contribution is 2.36. The van der Waals surface area contributed by atoms with Gasteiger partial charge in [-0.1, -0.05) is 35.9 Å². The summed E-state index contributed by atoms with van der Waals surface area (Å²) < 4.78 is 13.4. The van der Waals surface area contributed by atoms with Crippen LogP contribution in [0.2, 0.25) is 0 Å². The van der Waals surface area contributed by atoms with Gasteiger partial charge in [0.15, 0.2) is 0 Å². The molecule has 6 nitrogen and oxygen atoms in total. The van der Waals surface area contributed by atoms with Gasteiger partial charge in [0, 0.05) is 11.9 Å². The lowest BCUT2D eigenvalue weighted by atomic mass is 9.74. The number of amides is 4. The molecule has 1 aliphatic heterocycles. The molecule has 0 bridgehead atoms. The smallest absolute Gasteiger partial charge is 0.276 e. The molecule has 2 aromatic carbocycles. The summed E-state index contributed by atoms with van der Waals surface area (Å²) in [5, 5.41) is 2.36. The van der Waals surface area contributed by atoms with Crippen LogP contribution in [0.1, 0.15) is 23.2 Å². The normalized spacial score (nSPS) is 18.6. The van der Waals surface area contributed by atoms with Gasteiger partial charge in [0.1, 0.15) is 11.2 Å². The highest BCUT2D eigenvalue weighted by Gasteiger charge is 2.54. The second-order valence-corrected chi connectivity index (χ2v) is 7.94. The minimum absolute atomic E-state index is 0.0282. The van der Waals surface area contributed by atoms with Crippen molar-refractivity contribution >= 4 is 23.5 Å². The molecule has 32 heavy (non-hydrogen) atoms. The molecule has 3 aromatic rings. The fourth-order valence-electron chi connectivity index (χ4n) is 3.91. The number of carbonyl (C=O) groups excluding carboxylic acids is 3. The molecule has 7 heteroatoms. The summed E-state index contributed by atoms with van der Waals surface area (Å²) in [5.41, 5.74) is 1.16. The Kier molecular flexibility index (Phi) is 5.81. The maximum Gasteiger partial charge on any atom is 0.335 e. The van der Waals surface area contributed by atoms with Crippen LogP contribution in [0.3, 0.4) is 0 Å². The maximum atomic E-state index is 13.8. The van der Waals surface area contributed by atoms with E-state index in [-0.39, 0.29) is 12.8 Å². The lowest BCUT2D eigenvalue weighted by Gasteiger charge is -2.39. The summed E-state index contributed by atoms with van der Waals surface area (Å²) in [4.78, 5) is 45.0. The minimum Gasteiger partial charge on any atom is -0.276 e. The van der Waals surface area contributed by atoms with Crippen molar-refractivity contribution in [3.63, 3.8) is 0 Å². The molecule has 2 heterocycles. The largest absolute Gasteiger partial charge is 0.335 e. The van der Waals surface area contributed by atoms with Gasteiger partial charge in [0.05, 0.1) is 5.69 Å². The molecule has 0 radical (unpaired) electrons. The van der Waals surface area contributed by atoms with E-state index in [1.54, 1.807) is 48.7 Å². The van der Waals surface area contributed by atoms with E-state index in [1.807, 2.05) is 19.1 Å². The SMILES string of the molecule is Cc1ccc(N2C(=O)NC(=O)[C@](CCc3ccccn3)(Cc3ccc(F)cc3)C2=O)cc1. The van der Waals surface area contributed by atoms with E-state index in [0.29, 0.717) is 17.7 Å². The Morgan fingerprint density at radius 2 is 1.69 bits per heavy atom. The van der Waals surface area contributed by atoms with Crippen molar-refractivity contribution in [3.8, 4) is 0 Å². The summed E-state index contributed by atoms with van der Waals surface area (Å²) in [6.07, 6.45) is 2.17. The molecule has 1 aromatic heterocycles. The zero-order chi connectivity index (χ0) is 22.7. The van der Waals surface area contributed by atoms with E-state index in [4.69, 9.17) is 0 Å². The first-order chi connectivity index (χ1) is 15.4. The number of benzene rings is 2. The number of nitrogens with one attached hydrogen (secondary N) is 1. The highest BCUT2D eigenvalue weighted by molar-refractivity contribution is 6.30. The number of urea groups is 1. The molecule has 1 atom stereocenters. The van der Waals surface area contributed by atoms with Crippen LogP contribution in [0.15, 0.2) is 72.9 Å². The summed E-state index contributed by atoms with van der Waals surface area (Å²) in [6.45, 7) is 1.90. The zero-order valence-electron chi connectivity index (χ0n) is 17.5. The lowest BCUT2D eigenvalue weighted by Crippen LogP contribution is -2.65. The number of imide groups is 2. The van der Waals surface area contributed by atoms with Crippen LogP contribution in [0.5, 0.6) is 0 Å². The van der Waals surface area contributed by atoms with E-state index in [1.165, 1.54) is 12.1 Å². The number of nitrogens with zero attached hydrogens (tertiary/aromatic N) is 2. The van der Waals surface area contributed by atoms with Crippen LogP contribution in [-0.4, -0.2) is 22.8 Å². The number of anilines is 1. The molecule has 162 valence electrons. The Balaban J connectivity index is 1.75. The van der Waals surface area contributed by atoms with Crippen molar-refractivity contribution in [2.24, 2.45) is 5.41 Å². The molecule has 1 saturated heterocycles. The molecular formula is C25H22FN3O3. The first kappa shape index (κ1) is 21.4. The third-order valence-electron chi connectivity index (χ3n) is 5.72. The predicted molar refractivity (Wildman–Crippen MR) is 117 cm³/mol. The van der Waals surface area contributed by atoms with Crippen LogP contribution < -0.4 is 10.2 Å². The number of carbonyl (C=O) groups is 3. The monoisotopic (exact) mass is 431 g/mol. The average Bonchev–Trinajstić information content (AvgIpc) is 2.79. The summed E-state index contributed by atoms with van der Waals surface area (Å²) in [7, 11) is 0. The van der Waals surface area contributed by atoms with Crippen LogP contribution in [-0.2, 0) is 22.4 Å². The van der Waals surface area contributed by atoms with Gasteiger partial charge in [0.2, 0.25) is 5.91 Å². The van der Waals surface area contributed by atoms with Gasteiger partial charge in [-0.3, -0.25) is 19.9 Å². The predicted octanol–water partition coefficient (Wildman–Crippen LogP) is 3.97. The second kappa shape index (κ2) is 8.70. The van der Waals surface area contributed by atoms with Crippen molar-refractivity contribution in [1.29, 1.82) is 0 Å². The second-order valence-electron chi connectivity index (χ2n) is 7.94. The van der Waals surface area contributed by atoms with Crippen molar-refractivity contribution < 1.29 is 18.8 Å². The topological polar surface area (TPSA) is 79.4 Å². The van der Waals surface area contributed by atoms with Gasteiger partial charge in [-0.05, 0) is 68.1 Å². The van der Waals surface area contributed by atoms with Crippen molar-refractivity contribution in [2.75, 3.05) is 4.90 Å². The number of aromatic nitrogens is 1. The van der Waals surface area contributed by atoms with Gasteiger partial charge in [-0.25, -0.2) is 14.1 Å². The Bertz CT molecular complexity index is 1150. The number of aryl methyl sites for hydroxylation is 2. The highest BCUT2D eigenvalue weighted by atomic mass is 19.1. The fraction of sp³-hybridized carbons (Fsp3) is 0.200. The molecule has 0 unspecified atom stereocenters. The van der Waals surface area contributed by atoms with Gasteiger partial charge < -0.3 is 0 Å². The van der Waals surface area contributed by atoms with Crippen molar-refractivity contribution in [2.45, 2.75) is 26.2 Å². The first-order valence-electron chi connectivity index (χ1n) is 10.3. The molecule has 4 rings (SSSR count). The van der Waals surface area contributed by atoms with Crippen molar-refractivity contribution in [1.82, 2.24) is 10.3 Å². The quantitative estimate of drug-likeness (QED) is 0.599. The molecule has 0 aliphatic carbocycles. The standard InChI is InChI=1S/C25H22FN3O3/c1-17-5-11-21(12-6-17)29-23(31)25(22(30)28-24(29)32,14-13-20-4-2-3-15-27-20)16-18-7-9-19(26)10-8-18/h2-12,15H,13-14,16H2,1H3,(H,28,30,32)/t25-/m0/s1. The summed E-state index contributed by atoms with van der Waals surface area (Å²) in [5.74, 6) is -1.67. The summed E-state index contributed by atoms with van der Waals surface area (Å²) in [6, 6.07) is 17.3. The van der Waals surface area contributed by atoms with E-state index < -0.39 is 29.1 Å². The molecule has 1 fully saturated rings. The number of hydrogen-bond acceptors (Lipinski definition) is 4. The molecule has 0 spiro atoms. The molecule has 1 N–H and O–H groups in total. The average molecular weight is 431 g/mol. The molecule has 4 amide bonds. The maximum absolute atomic E-state index is 13.8. The van der Waals surface area contributed by atoms with Crippen LogP contribution in [0, 0.1) is 18.2 Å². The molecular weight excluding hydrogens is 409 g/mol. The fourth-order valence-corrected chi connectivity index (χ4v) is 3.91. The van der Waals surface area contributed by atoms with Gasteiger partial charge in [0.25, 0.3) is 5.91 Å². The van der Waals surface area contributed by atoms with E-state index in [9.17, 15) is 18.8 Å². The third kappa shape index (κ3) is 4.14. The van der Waals surface area contributed by atoms with Gasteiger partial charge >= 0.3 is 6.03 Å². The van der Waals surface area contributed by atoms with E-state index >= 15 is 0 Å². The molecule has 0 saturated carbocycles. The van der Waals surface area contributed by atoms with Crippen LogP contribution in [0.4, 0.5) is 14.9 Å². The van der Waals surface area contributed by atoms with Crippen LogP contribution >= 0.6 is 0 Å². The third-order valence-corrected chi connectivity index (χ3v) is 5.72. The molecule has 1 aliphatic rings. The van der Waals surface area contributed by atoms with E-state index in [2.05, 4.69) is 10.3 Å². The van der Waals surface area contributed by atoms with Gasteiger partial charge in [-0.15, -0.1) is 0 Å². The van der Waals surface area contributed by atoms with Crippen molar-refractivity contribution in [3.05, 3.63) is 95.6 Å².